The molecule has 0 fully saturated rings. The molecule has 0 atom stereocenters. The summed E-state index contributed by atoms with van der Waals surface area (Å²) in [5.41, 5.74) is 1.95. The Morgan fingerprint density at radius 2 is 2.12 bits per heavy atom. The van der Waals surface area contributed by atoms with E-state index in [-0.39, 0.29) is 12.0 Å². The number of hydrogen-bond acceptors (Lipinski definition) is 3. The maximum Gasteiger partial charge on any atom is 0.334 e. The maximum atomic E-state index is 11.4. The standard InChI is InChI=1S/C13H14O4/c1-9-4-3-5-10(6-9)7-11(8-12(14)15)13(16)17-2/h3-7H,8H2,1-2H3,(H,14,15)/b11-7-. The number of carboxylic acids is 1. The largest absolute Gasteiger partial charge is 0.481 e. The van der Waals surface area contributed by atoms with E-state index < -0.39 is 11.9 Å². The first-order valence-electron chi connectivity index (χ1n) is 5.10. The summed E-state index contributed by atoms with van der Waals surface area (Å²) in [5, 5.41) is 8.71. The van der Waals surface area contributed by atoms with Gasteiger partial charge >= 0.3 is 11.9 Å². The Morgan fingerprint density at radius 1 is 1.41 bits per heavy atom. The first-order valence-corrected chi connectivity index (χ1v) is 5.10. The first-order chi connectivity index (χ1) is 8.02. The normalized spacial score (nSPS) is 11.1. The highest BCUT2D eigenvalue weighted by Gasteiger charge is 2.13. The third-order valence-electron chi connectivity index (χ3n) is 2.17. The van der Waals surface area contributed by atoms with Gasteiger partial charge in [-0.15, -0.1) is 0 Å². The smallest absolute Gasteiger partial charge is 0.334 e. The van der Waals surface area contributed by atoms with Crippen LogP contribution in [0.25, 0.3) is 6.08 Å². The molecule has 0 aliphatic carbocycles. The molecule has 0 saturated carbocycles. The molecule has 17 heavy (non-hydrogen) atoms. The molecule has 4 heteroatoms. The fourth-order valence-electron chi connectivity index (χ4n) is 1.44. The van der Waals surface area contributed by atoms with Gasteiger partial charge in [0.05, 0.1) is 13.5 Å². The number of benzene rings is 1. The van der Waals surface area contributed by atoms with Gasteiger partial charge in [-0.3, -0.25) is 4.79 Å². The molecule has 0 bridgehead atoms. The quantitative estimate of drug-likeness (QED) is 0.639. The van der Waals surface area contributed by atoms with Gasteiger partial charge in [0.2, 0.25) is 0 Å². The lowest BCUT2D eigenvalue weighted by Crippen LogP contribution is -2.09. The van der Waals surface area contributed by atoms with Crippen molar-refractivity contribution >= 4 is 18.0 Å². The maximum absolute atomic E-state index is 11.4. The summed E-state index contributed by atoms with van der Waals surface area (Å²) in [6.07, 6.45) is 1.19. The molecular formula is C13H14O4. The molecule has 0 aromatic heterocycles. The highest BCUT2D eigenvalue weighted by Crippen LogP contribution is 2.13. The SMILES string of the molecule is COC(=O)/C(=C\c1cccc(C)c1)CC(=O)O. The second-order valence-electron chi connectivity index (χ2n) is 3.65. The van der Waals surface area contributed by atoms with Crippen LogP contribution in [0.2, 0.25) is 0 Å². The number of ether oxygens (including phenoxy) is 1. The van der Waals surface area contributed by atoms with Crippen LogP contribution in [0.15, 0.2) is 29.8 Å². The van der Waals surface area contributed by atoms with Crippen molar-refractivity contribution in [3.8, 4) is 0 Å². The summed E-state index contributed by atoms with van der Waals surface area (Å²) in [7, 11) is 1.23. The second-order valence-corrected chi connectivity index (χ2v) is 3.65. The van der Waals surface area contributed by atoms with E-state index in [0.29, 0.717) is 0 Å². The summed E-state index contributed by atoms with van der Waals surface area (Å²) < 4.78 is 4.55. The van der Waals surface area contributed by atoms with Crippen molar-refractivity contribution in [1.82, 2.24) is 0 Å². The zero-order chi connectivity index (χ0) is 12.8. The van der Waals surface area contributed by atoms with Crippen LogP contribution in [0, 0.1) is 6.92 Å². The Hall–Kier alpha value is -2.10. The highest BCUT2D eigenvalue weighted by molar-refractivity contribution is 5.97. The molecule has 90 valence electrons. The van der Waals surface area contributed by atoms with E-state index in [1.165, 1.54) is 13.2 Å². The Labute approximate surface area is 99.5 Å². The zero-order valence-electron chi connectivity index (χ0n) is 9.77. The van der Waals surface area contributed by atoms with Crippen LogP contribution >= 0.6 is 0 Å². The molecule has 0 aliphatic heterocycles. The lowest BCUT2D eigenvalue weighted by molar-refractivity contribution is -0.141. The van der Waals surface area contributed by atoms with Gasteiger partial charge in [-0.05, 0) is 18.6 Å². The minimum absolute atomic E-state index is 0.130. The van der Waals surface area contributed by atoms with Gasteiger partial charge in [0.25, 0.3) is 0 Å². The third kappa shape index (κ3) is 4.10. The van der Waals surface area contributed by atoms with Crippen molar-refractivity contribution < 1.29 is 19.4 Å². The number of esters is 1. The Kier molecular flexibility index (Phi) is 4.46. The van der Waals surface area contributed by atoms with Crippen LogP contribution in [0.1, 0.15) is 17.5 Å². The van der Waals surface area contributed by atoms with Gasteiger partial charge in [0.15, 0.2) is 0 Å². The number of carbonyl (C=O) groups is 2. The third-order valence-corrected chi connectivity index (χ3v) is 2.17. The molecule has 1 rings (SSSR count). The average molecular weight is 234 g/mol. The summed E-state index contributed by atoms with van der Waals surface area (Å²) in [6, 6.07) is 7.44. The number of carbonyl (C=O) groups excluding carboxylic acids is 1. The van der Waals surface area contributed by atoms with E-state index in [1.807, 2.05) is 25.1 Å². The Morgan fingerprint density at radius 3 is 2.65 bits per heavy atom. The van der Waals surface area contributed by atoms with Crippen molar-refractivity contribution in [2.45, 2.75) is 13.3 Å². The summed E-state index contributed by atoms with van der Waals surface area (Å²) in [5.74, 6) is -1.68. The van der Waals surface area contributed by atoms with Crippen LogP contribution < -0.4 is 0 Å². The number of hydrogen-bond donors (Lipinski definition) is 1. The number of aliphatic carboxylic acids is 1. The van der Waals surface area contributed by atoms with Crippen molar-refractivity contribution in [2.75, 3.05) is 7.11 Å². The first kappa shape index (κ1) is 13.0. The van der Waals surface area contributed by atoms with Gasteiger partial charge in [-0.2, -0.15) is 0 Å². The molecule has 0 amide bonds. The van der Waals surface area contributed by atoms with Crippen molar-refractivity contribution in [2.24, 2.45) is 0 Å². The van der Waals surface area contributed by atoms with E-state index in [2.05, 4.69) is 4.74 Å². The molecule has 1 N–H and O–H groups in total. The average Bonchev–Trinajstić information content (AvgIpc) is 2.26. The minimum atomic E-state index is -1.06. The van der Waals surface area contributed by atoms with Crippen LogP contribution in [-0.4, -0.2) is 24.2 Å². The predicted molar refractivity (Wildman–Crippen MR) is 63.4 cm³/mol. The summed E-state index contributed by atoms with van der Waals surface area (Å²) in [6.45, 7) is 1.92. The fourth-order valence-corrected chi connectivity index (χ4v) is 1.44. The molecular weight excluding hydrogens is 220 g/mol. The predicted octanol–water partition coefficient (Wildman–Crippen LogP) is 2.03. The van der Waals surface area contributed by atoms with Crippen LogP contribution in [0.4, 0.5) is 0 Å². The van der Waals surface area contributed by atoms with Crippen LogP contribution in [0.3, 0.4) is 0 Å². The lowest BCUT2D eigenvalue weighted by atomic mass is 10.1. The van der Waals surface area contributed by atoms with Gasteiger partial charge in [0, 0.05) is 5.57 Å². The van der Waals surface area contributed by atoms with E-state index in [4.69, 9.17) is 5.11 Å². The molecule has 4 nitrogen and oxygen atoms in total. The van der Waals surface area contributed by atoms with E-state index >= 15 is 0 Å². The molecule has 0 radical (unpaired) electrons. The zero-order valence-corrected chi connectivity index (χ0v) is 9.77. The summed E-state index contributed by atoms with van der Waals surface area (Å²) >= 11 is 0. The molecule has 0 unspecified atom stereocenters. The van der Waals surface area contributed by atoms with Crippen molar-refractivity contribution in [1.29, 1.82) is 0 Å². The molecule has 0 spiro atoms. The Balaban J connectivity index is 3.04. The number of rotatable bonds is 4. The monoisotopic (exact) mass is 234 g/mol. The van der Waals surface area contributed by atoms with Gasteiger partial charge in [-0.25, -0.2) is 4.79 Å². The number of methoxy groups -OCH3 is 1. The molecule has 1 aromatic rings. The molecule has 0 saturated heterocycles. The fraction of sp³-hybridized carbons (Fsp3) is 0.231. The van der Waals surface area contributed by atoms with Crippen molar-refractivity contribution in [3.05, 3.63) is 41.0 Å². The highest BCUT2D eigenvalue weighted by atomic mass is 16.5. The van der Waals surface area contributed by atoms with Crippen LogP contribution in [-0.2, 0) is 14.3 Å². The number of aryl methyl sites for hydroxylation is 1. The van der Waals surface area contributed by atoms with Crippen molar-refractivity contribution in [3.63, 3.8) is 0 Å². The topological polar surface area (TPSA) is 63.6 Å². The Bertz CT molecular complexity index is 460. The van der Waals surface area contributed by atoms with Gasteiger partial charge in [0.1, 0.15) is 0 Å². The second kappa shape index (κ2) is 5.84. The number of carboxylic acid groups (broad SMARTS) is 1. The molecule has 0 heterocycles. The van der Waals surface area contributed by atoms with E-state index in [9.17, 15) is 9.59 Å². The summed E-state index contributed by atoms with van der Waals surface area (Å²) in [4.78, 5) is 22.0. The van der Waals surface area contributed by atoms with Gasteiger partial charge < -0.3 is 9.84 Å². The van der Waals surface area contributed by atoms with E-state index in [1.54, 1.807) is 6.07 Å². The minimum Gasteiger partial charge on any atom is -0.481 e. The van der Waals surface area contributed by atoms with Gasteiger partial charge in [-0.1, -0.05) is 29.8 Å². The van der Waals surface area contributed by atoms with E-state index in [0.717, 1.165) is 11.1 Å². The molecule has 1 aromatic carbocycles. The van der Waals surface area contributed by atoms with Crippen LogP contribution in [0.5, 0.6) is 0 Å². The lowest BCUT2D eigenvalue weighted by Gasteiger charge is -2.03. The molecule has 0 aliphatic rings.